The van der Waals surface area contributed by atoms with Crippen LogP contribution in [0.25, 0.3) is 0 Å². The fourth-order valence-electron chi connectivity index (χ4n) is 2.57. The molecule has 0 bridgehead atoms. The van der Waals surface area contributed by atoms with Crippen LogP contribution in [-0.4, -0.2) is 23.0 Å². The van der Waals surface area contributed by atoms with Gasteiger partial charge in [0, 0.05) is 17.8 Å². The first kappa shape index (κ1) is 9.34. The molecule has 2 rings (SSSR count). The predicted molar refractivity (Wildman–Crippen MR) is 57.0 cm³/mol. The van der Waals surface area contributed by atoms with Crippen molar-refractivity contribution < 1.29 is 0 Å². The number of nitrogens with one attached hydrogen (secondary N) is 2. The lowest BCUT2D eigenvalue weighted by atomic mass is 9.85. The highest BCUT2D eigenvalue weighted by atomic mass is 32.2. The summed E-state index contributed by atoms with van der Waals surface area (Å²) in [5, 5.41) is 11.7. The van der Waals surface area contributed by atoms with Crippen molar-refractivity contribution >= 4 is 16.9 Å². The first-order valence-corrected chi connectivity index (χ1v) is 5.89. The lowest BCUT2D eigenvalue weighted by molar-refractivity contribution is 0.330. The van der Waals surface area contributed by atoms with Crippen LogP contribution in [0.4, 0.5) is 0 Å². The Hall–Kier alpha value is -0.220. The molecule has 13 heavy (non-hydrogen) atoms. The minimum absolute atomic E-state index is 0.276. The summed E-state index contributed by atoms with van der Waals surface area (Å²) in [7, 11) is 0. The molecule has 2 fully saturated rings. The average Bonchev–Trinajstić information content (AvgIpc) is 2.48. The van der Waals surface area contributed by atoms with Gasteiger partial charge in [0.15, 0.2) is 5.17 Å². The zero-order chi connectivity index (χ0) is 9.26. The first-order chi connectivity index (χ1) is 6.27. The van der Waals surface area contributed by atoms with Crippen LogP contribution in [0.5, 0.6) is 0 Å². The molecule has 1 heterocycles. The summed E-state index contributed by atoms with van der Waals surface area (Å²) in [6.45, 7) is 1.04. The molecule has 0 aromatic rings. The highest BCUT2D eigenvalue weighted by Crippen LogP contribution is 2.36. The Morgan fingerprint density at radius 3 is 2.92 bits per heavy atom. The fourth-order valence-corrected chi connectivity index (χ4v) is 3.58. The van der Waals surface area contributed by atoms with Gasteiger partial charge in [0.05, 0.1) is 0 Å². The van der Waals surface area contributed by atoms with E-state index in [0.29, 0.717) is 11.3 Å². The minimum Gasteiger partial charge on any atom is -0.379 e. The van der Waals surface area contributed by atoms with Gasteiger partial charge in [-0.25, -0.2) is 0 Å². The Morgan fingerprint density at radius 1 is 1.38 bits per heavy atom. The van der Waals surface area contributed by atoms with Crippen LogP contribution in [0.1, 0.15) is 25.7 Å². The number of rotatable bonds is 1. The Bertz CT molecular complexity index is 207. The SMILES string of the molecule is N=C(N)SC1CNC2CCCCC21. The van der Waals surface area contributed by atoms with Gasteiger partial charge in [-0.3, -0.25) is 5.41 Å². The molecule has 1 saturated carbocycles. The second-order valence-corrected chi connectivity index (χ2v) is 5.26. The Kier molecular flexibility index (Phi) is 2.79. The maximum atomic E-state index is 7.28. The quantitative estimate of drug-likeness (QED) is 0.438. The summed E-state index contributed by atoms with van der Waals surface area (Å²) in [4.78, 5) is 0. The average molecular weight is 199 g/mol. The van der Waals surface area contributed by atoms with Crippen molar-refractivity contribution in [1.82, 2.24) is 5.32 Å². The van der Waals surface area contributed by atoms with Crippen LogP contribution in [0, 0.1) is 11.3 Å². The lowest BCUT2D eigenvalue weighted by Crippen LogP contribution is -2.30. The van der Waals surface area contributed by atoms with E-state index in [1.807, 2.05) is 0 Å². The van der Waals surface area contributed by atoms with Gasteiger partial charge in [-0.2, -0.15) is 0 Å². The van der Waals surface area contributed by atoms with Gasteiger partial charge in [0.2, 0.25) is 0 Å². The molecule has 3 nitrogen and oxygen atoms in total. The van der Waals surface area contributed by atoms with Crippen molar-refractivity contribution in [2.45, 2.75) is 37.0 Å². The van der Waals surface area contributed by atoms with Gasteiger partial charge < -0.3 is 11.1 Å². The summed E-state index contributed by atoms with van der Waals surface area (Å²) in [5.41, 5.74) is 5.41. The van der Waals surface area contributed by atoms with Crippen molar-refractivity contribution in [3.05, 3.63) is 0 Å². The molecule has 2 aliphatic rings. The van der Waals surface area contributed by atoms with E-state index in [9.17, 15) is 0 Å². The van der Waals surface area contributed by atoms with Gasteiger partial charge in [-0.1, -0.05) is 24.6 Å². The van der Waals surface area contributed by atoms with E-state index >= 15 is 0 Å². The predicted octanol–water partition coefficient (Wildman–Crippen LogP) is 1.14. The molecule has 4 N–H and O–H groups in total. The molecule has 3 unspecified atom stereocenters. The van der Waals surface area contributed by atoms with Crippen LogP contribution in [-0.2, 0) is 0 Å². The van der Waals surface area contributed by atoms with Crippen molar-refractivity contribution in [1.29, 1.82) is 5.41 Å². The molecule has 74 valence electrons. The number of hydrogen-bond donors (Lipinski definition) is 3. The highest BCUT2D eigenvalue weighted by molar-refractivity contribution is 8.14. The van der Waals surface area contributed by atoms with Gasteiger partial charge in [-0.05, 0) is 18.8 Å². The second kappa shape index (κ2) is 3.88. The molecule has 3 atom stereocenters. The van der Waals surface area contributed by atoms with Gasteiger partial charge in [-0.15, -0.1) is 0 Å². The van der Waals surface area contributed by atoms with Gasteiger partial charge >= 0.3 is 0 Å². The number of amidine groups is 1. The van der Waals surface area contributed by atoms with Crippen LogP contribution in [0.15, 0.2) is 0 Å². The number of nitrogens with two attached hydrogens (primary N) is 1. The van der Waals surface area contributed by atoms with Gasteiger partial charge in [0.25, 0.3) is 0 Å². The smallest absolute Gasteiger partial charge is 0.151 e. The van der Waals surface area contributed by atoms with E-state index in [-0.39, 0.29) is 5.17 Å². The standard InChI is InChI=1S/C9H17N3S/c10-9(11)13-8-5-12-7-4-2-1-3-6(7)8/h6-8,12H,1-5H2,(H3,10,11). The summed E-state index contributed by atoms with van der Waals surface area (Å²) in [5.74, 6) is 0.766. The normalized spacial score (nSPS) is 38.6. The second-order valence-electron chi connectivity index (χ2n) is 3.98. The Balaban J connectivity index is 1.94. The highest BCUT2D eigenvalue weighted by Gasteiger charge is 2.37. The third-order valence-corrected chi connectivity index (χ3v) is 4.23. The lowest BCUT2D eigenvalue weighted by Gasteiger charge is -2.27. The van der Waals surface area contributed by atoms with Crippen LogP contribution in [0.2, 0.25) is 0 Å². The van der Waals surface area contributed by atoms with Crippen molar-refractivity contribution in [3.63, 3.8) is 0 Å². The third kappa shape index (κ3) is 1.99. The summed E-state index contributed by atoms with van der Waals surface area (Å²) >= 11 is 1.55. The van der Waals surface area contributed by atoms with E-state index in [1.165, 1.54) is 25.7 Å². The maximum absolute atomic E-state index is 7.28. The van der Waals surface area contributed by atoms with E-state index in [1.54, 1.807) is 11.8 Å². The fraction of sp³-hybridized carbons (Fsp3) is 0.889. The van der Waals surface area contributed by atoms with E-state index in [0.717, 1.165) is 12.5 Å². The van der Waals surface area contributed by atoms with E-state index < -0.39 is 0 Å². The minimum atomic E-state index is 0.276. The molecule has 0 radical (unpaired) electrons. The van der Waals surface area contributed by atoms with E-state index in [4.69, 9.17) is 11.1 Å². The zero-order valence-corrected chi connectivity index (χ0v) is 8.57. The van der Waals surface area contributed by atoms with Crippen LogP contribution < -0.4 is 11.1 Å². The van der Waals surface area contributed by atoms with Gasteiger partial charge in [0.1, 0.15) is 0 Å². The molecule has 4 heteroatoms. The zero-order valence-electron chi connectivity index (χ0n) is 7.75. The molecule has 0 amide bonds. The van der Waals surface area contributed by atoms with E-state index in [2.05, 4.69) is 5.32 Å². The van der Waals surface area contributed by atoms with Crippen LogP contribution in [0.3, 0.4) is 0 Å². The topological polar surface area (TPSA) is 61.9 Å². The van der Waals surface area contributed by atoms with Crippen molar-refractivity contribution in [3.8, 4) is 0 Å². The molecule has 0 aromatic heterocycles. The molecular weight excluding hydrogens is 182 g/mol. The number of fused-ring (bicyclic) bond motifs is 1. The maximum Gasteiger partial charge on any atom is 0.151 e. The summed E-state index contributed by atoms with van der Waals surface area (Å²) in [6.07, 6.45) is 5.37. The summed E-state index contributed by atoms with van der Waals surface area (Å²) in [6, 6.07) is 0.714. The molecule has 1 saturated heterocycles. The molecular formula is C9H17N3S. The third-order valence-electron chi connectivity index (χ3n) is 3.16. The number of thioether (sulfide) groups is 1. The molecule has 1 aliphatic carbocycles. The number of hydrogen-bond acceptors (Lipinski definition) is 3. The van der Waals surface area contributed by atoms with Crippen LogP contribution >= 0.6 is 11.8 Å². The Labute approximate surface area is 83.3 Å². The Morgan fingerprint density at radius 2 is 2.15 bits per heavy atom. The molecule has 0 aromatic carbocycles. The van der Waals surface area contributed by atoms with Crippen molar-refractivity contribution in [2.24, 2.45) is 11.7 Å². The largest absolute Gasteiger partial charge is 0.379 e. The monoisotopic (exact) mass is 199 g/mol. The van der Waals surface area contributed by atoms with Crippen molar-refractivity contribution in [2.75, 3.05) is 6.54 Å². The molecule has 0 spiro atoms. The molecule has 1 aliphatic heterocycles. The first-order valence-electron chi connectivity index (χ1n) is 5.01. The summed E-state index contributed by atoms with van der Waals surface area (Å²) < 4.78 is 0.